The van der Waals surface area contributed by atoms with Crippen LogP contribution in [0.2, 0.25) is 5.02 Å². The summed E-state index contributed by atoms with van der Waals surface area (Å²) in [5, 5.41) is 6.06. The van der Waals surface area contributed by atoms with Crippen LogP contribution in [-0.4, -0.2) is 18.9 Å². The first-order valence-corrected chi connectivity index (χ1v) is 9.21. The standard InChI is InChI=1S/C23H19ClN2O3/c1-29-21-11-8-16(9-12-21)10-13-22(27)25-19-6-2-4-17(14-19)23(28)26-20-7-3-5-18(24)15-20/h2-15H,1H3,(H,25,27)(H,26,28)/b13-10+. The first kappa shape index (κ1) is 20.2. The fraction of sp³-hybridized carbons (Fsp3) is 0.0435. The van der Waals surface area contributed by atoms with Crippen LogP contribution in [0.5, 0.6) is 5.75 Å². The van der Waals surface area contributed by atoms with E-state index in [2.05, 4.69) is 10.6 Å². The van der Waals surface area contributed by atoms with Gasteiger partial charge in [-0.2, -0.15) is 0 Å². The highest BCUT2D eigenvalue weighted by molar-refractivity contribution is 6.31. The Labute approximate surface area is 174 Å². The molecular weight excluding hydrogens is 388 g/mol. The minimum atomic E-state index is -0.298. The number of carbonyl (C=O) groups is 2. The molecule has 0 unspecified atom stereocenters. The van der Waals surface area contributed by atoms with Crippen LogP contribution in [0, 0.1) is 0 Å². The van der Waals surface area contributed by atoms with Crippen LogP contribution in [0.25, 0.3) is 6.08 Å². The summed E-state index contributed by atoms with van der Waals surface area (Å²) >= 11 is 5.93. The lowest BCUT2D eigenvalue weighted by Gasteiger charge is -2.08. The summed E-state index contributed by atoms with van der Waals surface area (Å²) in [5.41, 5.74) is 2.41. The highest BCUT2D eigenvalue weighted by Gasteiger charge is 2.08. The molecule has 0 heterocycles. The van der Waals surface area contributed by atoms with Gasteiger partial charge in [0, 0.05) is 28.0 Å². The first-order chi connectivity index (χ1) is 14.0. The summed E-state index contributed by atoms with van der Waals surface area (Å²) in [6.07, 6.45) is 3.13. The van der Waals surface area contributed by atoms with E-state index in [-0.39, 0.29) is 11.8 Å². The number of rotatable bonds is 6. The van der Waals surface area contributed by atoms with Gasteiger partial charge in [0.1, 0.15) is 5.75 Å². The van der Waals surface area contributed by atoms with Crippen molar-refractivity contribution in [3.05, 3.63) is 95.0 Å². The van der Waals surface area contributed by atoms with E-state index in [0.717, 1.165) is 11.3 Å². The molecule has 0 radical (unpaired) electrons. The number of amides is 2. The minimum Gasteiger partial charge on any atom is -0.497 e. The van der Waals surface area contributed by atoms with Crippen molar-refractivity contribution in [2.24, 2.45) is 0 Å². The summed E-state index contributed by atoms with van der Waals surface area (Å²) < 4.78 is 5.10. The number of benzene rings is 3. The Bertz CT molecular complexity index is 1050. The zero-order chi connectivity index (χ0) is 20.6. The molecule has 2 N–H and O–H groups in total. The second-order valence-corrected chi connectivity index (χ2v) is 6.58. The summed E-state index contributed by atoms with van der Waals surface area (Å²) in [7, 11) is 1.60. The zero-order valence-corrected chi connectivity index (χ0v) is 16.4. The fourth-order valence-electron chi connectivity index (χ4n) is 2.58. The summed E-state index contributed by atoms with van der Waals surface area (Å²) in [5.74, 6) is 0.157. The lowest BCUT2D eigenvalue weighted by atomic mass is 10.1. The topological polar surface area (TPSA) is 67.4 Å². The maximum Gasteiger partial charge on any atom is 0.255 e. The Morgan fingerprint density at radius 1 is 0.897 bits per heavy atom. The van der Waals surface area contributed by atoms with Crippen molar-refractivity contribution in [2.75, 3.05) is 17.7 Å². The molecule has 2 amide bonds. The second-order valence-electron chi connectivity index (χ2n) is 6.14. The van der Waals surface area contributed by atoms with E-state index < -0.39 is 0 Å². The van der Waals surface area contributed by atoms with Crippen LogP contribution < -0.4 is 15.4 Å². The van der Waals surface area contributed by atoms with Crippen molar-refractivity contribution in [1.82, 2.24) is 0 Å². The highest BCUT2D eigenvalue weighted by Crippen LogP contribution is 2.17. The average Bonchev–Trinajstić information content (AvgIpc) is 2.73. The molecule has 0 aromatic heterocycles. The highest BCUT2D eigenvalue weighted by atomic mass is 35.5. The second kappa shape index (κ2) is 9.57. The fourth-order valence-corrected chi connectivity index (χ4v) is 2.77. The van der Waals surface area contributed by atoms with E-state index in [1.807, 2.05) is 24.3 Å². The van der Waals surface area contributed by atoms with Gasteiger partial charge in [0.2, 0.25) is 5.91 Å². The van der Waals surface area contributed by atoms with Crippen molar-refractivity contribution >= 4 is 40.9 Å². The Balaban J connectivity index is 1.63. The van der Waals surface area contributed by atoms with Crippen LogP contribution >= 0.6 is 11.6 Å². The van der Waals surface area contributed by atoms with Gasteiger partial charge in [-0.3, -0.25) is 9.59 Å². The van der Waals surface area contributed by atoms with Crippen LogP contribution in [0.3, 0.4) is 0 Å². The van der Waals surface area contributed by atoms with Gasteiger partial charge in [-0.25, -0.2) is 0 Å². The van der Waals surface area contributed by atoms with Crippen molar-refractivity contribution in [3.8, 4) is 5.75 Å². The summed E-state index contributed by atoms with van der Waals surface area (Å²) in [6, 6.07) is 20.9. The quantitative estimate of drug-likeness (QED) is 0.549. The van der Waals surface area contributed by atoms with Crippen LogP contribution in [0.1, 0.15) is 15.9 Å². The summed E-state index contributed by atoms with van der Waals surface area (Å²) in [6.45, 7) is 0. The Morgan fingerprint density at radius 3 is 2.28 bits per heavy atom. The van der Waals surface area contributed by atoms with Crippen molar-refractivity contribution < 1.29 is 14.3 Å². The molecular formula is C23H19ClN2O3. The molecule has 0 bridgehead atoms. The molecule has 0 spiro atoms. The predicted molar refractivity (Wildman–Crippen MR) is 117 cm³/mol. The molecule has 3 aromatic carbocycles. The van der Waals surface area contributed by atoms with Crippen molar-refractivity contribution in [1.29, 1.82) is 0 Å². The van der Waals surface area contributed by atoms with E-state index in [4.69, 9.17) is 16.3 Å². The third-order valence-corrected chi connectivity index (χ3v) is 4.25. The molecule has 0 aliphatic heterocycles. The third-order valence-electron chi connectivity index (χ3n) is 4.02. The number of carbonyl (C=O) groups excluding carboxylic acids is 2. The Hall–Kier alpha value is -3.57. The third kappa shape index (κ3) is 5.96. The van der Waals surface area contributed by atoms with Gasteiger partial charge in [0.05, 0.1) is 7.11 Å². The predicted octanol–water partition coefficient (Wildman–Crippen LogP) is 5.25. The van der Waals surface area contributed by atoms with E-state index in [0.29, 0.717) is 22.0 Å². The van der Waals surface area contributed by atoms with Gasteiger partial charge in [-0.15, -0.1) is 0 Å². The smallest absolute Gasteiger partial charge is 0.255 e. The van der Waals surface area contributed by atoms with Gasteiger partial charge in [-0.05, 0) is 60.2 Å². The number of ether oxygens (including phenoxy) is 1. The number of methoxy groups -OCH3 is 1. The van der Waals surface area contributed by atoms with Gasteiger partial charge in [0.15, 0.2) is 0 Å². The number of halogens is 1. The van der Waals surface area contributed by atoms with E-state index in [9.17, 15) is 9.59 Å². The summed E-state index contributed by atoms with van der Waals surface area (Å²) in [4.78, 5) is 24.6. The van der Waals surface area contributed by atoms with Gasteiger partial charge in [0.25, 0.3) is 5.91 Å². The van der Waals surface area contributed by atoms with Gasteiger partial charge in [-0.1, -0.05) is 35.9 Å². The van der Waals surface area contributed by atoms with E-state index in [1.54, 1.807) is 61.7 Å². The molecule has 29 heavy (non-hydrogen) atoms. The maximum absolute atomic E-state index is 12.4. The molecule has 5 nitrogen and oxygen atoms in total. The molecule has 0 saturated heterocycles. The number of hydrogen-bond acceptors (Lipinski definition) is 3. The molecule has 0 aliphatic rings. The van der Waals surface area contributed by atoms with Crippen LogP contribution in [0.15, 0.2) is 78.9 Å². The molecule has 146 valence electrons. The van der Waals surface area contributed by atoms with Crippen LogP contribution in [-0.2, 0) is 4.79 Å². The first-order valence-electron chi connectivity index (χ1n) is 8.83. The van der Waals surface area contributed by atoms with Crippen molar-refractivity contribution in [3.63, 3.8) is 0 Å². The molecule has 0 saturated carbocycles. The van der Waals surface area contributed by atoms with Crippen LogP contribution in [0.4, 0.5) is 11.4 Å². The molecule has 0 aliphatic carbocycles. The van der Waals surface area contributed by atoms with Gasteiger partial charge < -0.3 is 15.4 Å². The van der Waals surface area contributed by atoms with E-state index in [1.165, 1.54) is 6.08 Å². The number of nitrogens with one attached hydrogen (secondary N) is 2. The monoisotopic (exact) mass is 406 g/mol. The Kier molecular flexibility index (Phi) is 6.66. The minimum absolute atomic E-state index is 0.294. The SMILES string of the molecule is COc1ccc(/C=C/C(=O)Nc2cccc(C(=O)Nc3cccc(Cl)c3)c2)cc1. The maximum atomic E-state index is 12.4. The molecule has 6 heteroatoms. The average molecular weight is 407 g/mol. The number of anilines is 2. The number of hydrogen-bond donors (Lipinski definition) is 2. The normalized spacial score (nSPS) is 10.6. The van der Waals surface area contributed by atoms with Crippen molar-refractivity contribution in [2.45, 2.75) is 0 Å². The zero-order valence-electron chi connectivity index (χ0n) is 15.7. The Morgan fingerprint density at radius 2 is 1.59 bits per heavy atom. The molecule has 0 atom stereocenters. The lowest BCUT2D eigenvalue weighted by Crippen LogP contribution is -2.13. The van der Waals surface area contributed by atoms with E-state index >= 15 is 0 Å². The lowest BCUT2D eigenvalue weighted by molar-refractivity contribution is -0.111. The molecule has 3 aromatic rings. The van der Waals surface area contributed by atoms with Gasteiger partial charge >= 0.3 is 0 Å². The molecule has 3 rings (SSSR count). The molecule has 0 fully saturated rings. The largest absolute Gasteiger partial charge is 0.497 e.